The first-order chi connectivity index (χ1) is 18.1. The van der Waals surface area contributed by atoms with Gasteiger partial charge in [0.1, 0.15) is 17.1 Å². The quantitative estimate of drug-likeness (QED) is 0.252. The van der Waals surface area contributed by atoms with Crippen molar-refractivity contribution >= 4 is 22.6 Å². The first-order valence-electron chi connectivity index (χ1n) is 12.0. The van der Waals surface area contributed by atoms with Gasteiger partial charge >= 0.3 is 0 Å². The van der Waals surface area contributed by atoms with Gasteiger partial charge in [0, 0.05) is 11.3 Å². The zero-order valence-electron chi connectivity index (χ0n) is 20.2. The molecule has 0 fully saturated rings. The summed E-state index contributed by atoms with van der Waals surface area (Å²) in [4.78, 5) is 26.6. The maximum Gasteiger partial charge on any atom is 0.265 e. The molecule has 4 aromatic carbocycles. The molecule has 0 radical (unpaired) electrons. The molecule has 0 aliphatic carbocycles. The third-order valence-electron chi connectivity index (χ3n) is 5.82. The van der Waals surface area contributed by atoms with Crippen LogP contribution in [0.1, 0.15) is 13.3 Å². The van der Waals surface area contributed by atoms with Gasteiger partial charge in [-0.05, 0) is 55.0 Å². The maximum atomic E-state index is 13.4. The van der Waals surface area contributed by atoms with Crippen molar-refractivity contribution in [2.24, 2.45) is 0 Å². The van der Waals surface area contributed by atoms with Gasteiger partial charge in [-0.3, -0.25) is 9.59 Å². The van der Waals surface area contributed by atoms with Crippen molar-refractivity contribution < 1.29 is 18.7 Å². The molecule has 0 saturated carbocycles. The number of carbonyl (C=O) groups excluding carboxylic acids is 1. The number of hydrogen-bond donors (Lipinski definition) is 1. The van der Waals surface area contributed by atoms with E-state index in [2.05, 4.69) is 5.32 Å². The highest BCUT2D eigenvalue weighted by Crippen LogP contribution is 2.32. The number of carbonyl (C=O) groups is 1. The molecule has 1 amide bonds. The van der Waals surface area contributed by atoms with Crippen molar-refractivity contribution in [1.82, 2.24) is 0 Å². The normalized spacial score (nSPS) is 11.6. The van der Waals surface area contributed by atoms with Crippen LogP contribution in [-0.2, 0) is 4.79 Å². The highest BCUT2D eigenvalue weighted by Gasteiger charge is 2.25. The Hall–Kier alpha value is -4.84. The average Bonchev–Trinajstić information content (AvgIpc) is 2.94. The lowest BCUT2D eigenvalue weighted by atomic mass is 10.1. The monoisotopic (exact) mass is 491 g/mol. The second-order valence-corrected chi connectivity index (χ2v) is 8.40. The van der Waals surface area contributed by atoms with Crippen LogP contribution in [0.15, 0.2) is 118 Å². The second kappa shape index (κ2) is 10.8. The maximum absolute atomic E-state index is 13.4. The number of ether oxygens (including phenoxy) is 2. The van der Waals surface area contributed by atoms with Crippen molar-refractivity contribution in [2.75, 3.05) is 5.32 Å². The van der Waals surface area contributed by atoms with Gasteiger partial charge in [-0.2, -0.15) is 0 Å². The van der Waals surface area contributed by atoms with Crippen molar-refractivity contribution in [3.8, 4) is 28.6 Å². The number of amides is 1. The first kappa shape index (κ1) is 23.9. The lowest BCUT2D eigenvalue weighted by Gasteiger charge is -2.19. The van der Waals surface area contributed by atoms with E-state index in [1.54, 1.807) is 48.5 Å². The SMILES string of the molecule is CCC(Oc1c(-c2ccccc2)oc2ccccc2c1=O)C(=O)Nc1ccc(Oc2ccccc2)cc1. The highest BCUT2D eigenvalue weighted by atomic mass is 16.5. The molecule has 1 heterocycles. The van der Waals surface area contributed by atoms with Gasteiger partial charge in [-0.15, -0.1) is 0 Å². The van der Waals surface area contributed by atoms with Crippen LogP contribution >= 0.6 is 0 Å². The Kier molecular flexibility index (Phi) is 6.99. The van der Waals surface area contributed by atoms with Gasteiger partial charge in [0.05, 0.1) is 5.39 Å². The molecule has 1 N–H and O–H groups in total. The van der Waals surface area contributed by atoms with E-state index < -0.39 is 6.10 Å². The first-order valence-corrected chi connectivity index (χ1v) is 12.0. The molecule has 37 heavy (non-hydrogen) atoms. The van der Waals surface area contributed by atoms with Gasteiger partial charge in [-0.25, -0.2) is 0 Å². The number of hydrogen-bond acceptors (Lipinski definition) is 5. The van der Waals surface area contributed by atoms with Crippen LogP contribution in [0.2, 0.25) is 0 Å². The fourth-order valence-corrected chi connectivity index (χ4v) is 3.93. The topological polar surface area (TPSA) is 77.8 Å². The number of para-hydroxylation sites is 2. The molecule has 0 aliphatic heterocycles. The molecule has 184 valence electrons. The van der Waals surface area contributed by atoms with E-state index in [0.29, 0.717) is 34.4 Å². The van der Waals surface area contributed by atoms with Crippen LogP contribution in [0.25, 0.3) is 22.3 Å². The second-order valence-electron chi connectivity index (χ2n) is 8.40. The van der Waals surface area contributed by atoms with Gasteiger partial charge in [0.2, 0.25) is 11.2 Å². The van der Waals surface area contributed by atoms with Crippen LogP contribution in [0.5, 0.6) is 17.2 Å². The van der Waals surface area contributed by atoms with Crippen LogP contribution in [0, 0.1) is 0 Å². The van der Waals surface area contributed by atoms with E-state index in [0.717, 1.165) is 5.75 Å². The van der Waals surface area contributed by atoms with Crippen LogP contribution in [0.3, 0.4) is 0 Å². The third-order valence-corrected chi connectivity index (χ3v) is 5.82. The van der Waals surface area contributed by atoms with Crippen molar-refractivity contribution in [1.29, 1.82) is 0 Å². The highest BCUT2D eigenvalue weighted by molar-refractivity contribution is 5.94. The van der Waals surface area contributed by atoms with Crippen LogP contribution in [-0.4, -0.2) is 12.0 Å². The lowest BCUT2D eigenvalue weighted by molar-refractivity contribution is -0.122. The van der Waals surface area contributed by atoms with Crippen molar-refractivity contribution in [3.05, 3.63) is 119 Å². The largest absolute Gasteiger partial charge is 0.473 e. The molecule has 1 aromatic heterocycles. The number of nitrogens with one attached hydrogen (secondary N) is 1. The summed E-state index contributed by atoms with van der Waals surface area (Å²) in [5.41, 5.74) is 1.40. The Bertz CT molecular complexity index is 1560. The molecule has 5 aromatic rings. The average molecular weight is 492 g/mol. The standard InChI is InChI=1S/C31H25NO5/c1-2-26(31(34)32-22-17-19-24(20-18-22)35-23-13-7-4-8-14-23)36-30-28(33)25-15-9-10-16-27(25)37-29(30)21-11-5-3-6-12-21/h3-20,26H,2H2,1H3,(H,32,34). The van der Waals surface area contributed by atoms with Gasteiger partial charge in [-0.1, -0.05) is 67.6 Å². The van der Waals surface area contributed by atoms with Gasteiger partial charge < -0.3 is 19.2 Å². The van der Waals surface area contributed by atoms with E-state index in [-0.39, 0.29) is 22.8 Å². The summed E-state index contributed by atoms with van der Waals surface area (Å²) in [5.74, 6) is 1.30. The number of benzene rings is 4. The minimum Gasteiger partial charge on any atom is -0.473 e. The molecular formula is C31H25NO5. The molecule has 6 nitrogen and oxygen atoms in total. The molecule has 0 aliphatic rings. The van der Waals surface area contributed by atoms with Gasteiger partial charge in [0.15, 0.2) is 11.9 Å². The van der Waals surface area contributed by atoms with Crippen LogP contribution < -0.4 is 20.2 Å². The predicted octanol–water partition coefficient (Wildman–Crippen LogP) is 7.05. The third kappa shape index (κ3) is 5.38. The minimum absolute atomic E-state index is 0.0125. The Balaban J connectivity index is 1.38. The molecule has 1 atom stereocenters. The molecule has 0 saturated heterocycles. The van der Waals surface area contributed by atoms with Crippen LogP contribution in [0.4, 0.5) is 5.69 Å². The Morgan fingerprint density at radius 3 is 2.14 bits per heavy atom. The zero-order valence-corrected chi connectivity index (χ0v) is 20.2. The van der Waals surface area contributed by atoms with Crippen molar-refractivity contribution in [3.63, 3.8) is 0 Å². The minimum atomic E-state index is -0.910. The van der Waals surface area contributed by atoms with E-state index in [4.69, 9.17) is 13.9 Å². The molecular weight excluding hydrogens is 466 g/mol. The number of anilines is 1. The zero-order chi connectivity index (χ0) is 25.6. The summed E-state index contributed by atoms with van der Waals surface area (Å²) in [6.07, 6.45) is -0.562. The Labute approximate surface area is 214 Å². The Morgan fingerprint density at radius 2 is 1.43 bits per heavy atom. The molecule has 1 unspecified atom stereocenters. The van der Waals surface area contributed by atoms with Crippen molar-refractivity contribution in [2.45, 2.75) is 19.4 Å². The summed E-state index contributed by atoms with van der Waals surface area (Å²) in [5, 5.41) is 3.26. The summed E-state index contributed by atoms with van der Waals surface area (Å²) < 4.78 is 18.0. The molecule has 0 spiro atoms. The van der Waals surface area contributed by atoms with E-state index >= 15 is 0 Å². The fourth-order valence-electron chi connectivity index (χ4n) is 3.93. The number of rotatable bonds is 8. The molecule has 0 bridgehead atoms. The summed E-state index contributed by atoms with van der Waals surface area (Å²) in [7, 11) is 0. The summed E-state index contributed by atoms with van der Waals surface area (Å²) in [6.45, 7) is 1.83. The Morgan fingerprint density at radius 1 is 0.811 bits per heavy atom. The van der Waals surface area contributed by atoms with E-state index in [1.807, 2.05) is 67.6 Å². The summed E-state index contributed by atoms with van der Waals surface area (Å²) >= 11 is 0. The molecule has 6 heteroatoms. The summed E-state index contributed by atoms with van der Waals surface area (Å²) in [6, 6.07) is 32.7. The van der Waals surface area contributed by atoms with E-state index in [9.17, 15) is 9.59 Å². The predicted molar refractivity (Wildman–Crippen MR) is 144 cm³/mol. The van der Waals surface area contributed by atoms with E-state index in [1.165, 1.54) is 0 Å². The lowest BCUT2D eigenvalue weighted by Crippen LogP contribution is -2.34. The number of fused-ring (bicyclic) bond motifs is 1. The van der Waals surface area contributed by atoms with Gasteiger partial charge in [0.25, 0.3) is 5.91 Å². The molecule has 5 rings (SSSR count). The fraction of sp³-hybridized carbons (Fsp3) is 0.0968. The smallest absolute Gasteiger partial charge is 0.265 e.